The van der Waals surface area contributed by atoms with Crippen LogP contribution in [0.5, 0.6) is 0 Å². The van der Waals surface area contributed by atoms with Crippen LogP contribution in [-0.4, -0.2) is 43.2 Å². The van der Waals surface area contributed by atoms with Gasteiger partial charge in [0.05, 0.1) is 19.4 Å². The van der Waals surface area contributed by atoms with Crippen LogP contribution in [0.2, 0.25) is 5.02 Å². The molecule has 1 aliphatic rings. The highest BCUT2D eigenvalue weighted by molar-refractivity contribution is 9.11. The Kier molecular flexibility index (Phi) is 5.74. The van der Waals surface area contributed by atoms with Gasteiger partial charge in [-0.25, -0.2) is 22.5 Å². The molecule has 0 spiro atoms. The summed E-state index contributed by atoms with van der Waals surface area (Å²) in [5.41, 5.74) is -1.03. The number of halogens is 2. The van der Waals surface area contributed by atoms with Crippen LogP contribution in [0.3, 0.4) is 0 Å². The van der Waals surface area contributed by atoms with Crippen molar-refractivity contribution in [3.05, 3.63) is 19.2 Å². The highest BCUT2D eigenvalue weighted by Crippen LogP contribution is 2.45. The Labute approximate surface area is 170 Å². The van der Waals surface area contributed by atoms with Crippen molar-refractivity contribution in [1.29, 1.82) is 0 Å². The third-order valence-corrected chi connectivity index (χ3v) is 8.58. The quantitative estimate of drug-likeness (QED) is 0.653. The number of nitrogens with zero attached hydrogens (tertiary/aromatic N) is 2. The zero-order valence-corrected chi connectivity index (χ0v) is 19.3. The van der Waals surface area contributed by atoms with Crippen LogP contribution in [0.1, 0.15) is 38.1 Å². The lowest BCUT2D eigenvalue weighted by Gasteiger charge is -2.35. The Morgan fingerprint density at radius 3 is 2.50 bits per heavy atom. The first-order valence-corrected chi connectivity index (χ1v) is 11.3. The third-order valence-electron chi connectivity index (χ3n) is 3.65. The number of carbonyl (C=O) groups excluding carboxylic acids is 1. The summed E-state index contributed by atoms with van der Waals surface area (Å²) in [4.78, 5) is 17.2. The molecule has 1 aromatic heterocycles. The topological polar surface area (TPSA) is 88.1 Å². The van der Waals surface area contributed by atoms with Crippen molar-refractivity contribution in [3.63, 3.8) is 0 Å². The summed E-state index contributed by atoms with van der Waals surface area (Å²) in [5, 5.41) is 2.89. The zero-order valence-electron chi connectivity index (χ0n) is 15.3. The summed E-state index contributed by atoms with van der Waals surface area (Å²) >= 11 is 11.2. The SMILES string of the molecule is Cc1c(Br)sc([C@]2(C)CS(=O)(=O)N(C)C(NC(=O)OC(C)(C)C)=N2)c1Cl. The predicted octanol–water partition coefficient (Wildman–Crippen LogP) is 3.84. The molecule has 1 atom stereocenters. The minimum absolute atomic E-state index is 0.105. The number of aliphatic imine (C=N–C) groups is 1. The molecule has 0 unspecified atom stereocenters. The number of nitrogens with one attached hydrogen (secondary N) is 1. The van der Waals surface area contributed by atoms with Gasteiger partial charge in [-0.15, -0.1) is 11.3 Å². The Morgan fingerprint density at radius 1 is 1.46 bits per heavy atom. The van der Waals surface area contributed by atoms with Crippen molar-refractivity contribution in [3.8, 4) is 0 Å². The summed E-state index contributed by atoms with van der Waals surface area (Å²) in [6.45, 7) is 8.66. The first-order valence-electron chi connectivity index (χ1n) is 7.67. The van der Waals surface area contributed by atoms with Gasteiger partial charge in [0.25, 0.3) is 0 Å². The molecule has 2 heterocycles. The molecule has 1 N–H and O–H groups in total. The van der Waals surface area contributed by atoms with Crippen LogP contribution in [0.4, 0.5) is 4.79 Å². The van der Waals surface area contributed by atoms with Crippen molar-refractivity contribution in [1.82, 2.24) is 9.62 Å². The van der Waals surface area contributed by atoms with Gasteiger partial charge >= 0.3 is 6.09 Å². The minimum atomic E-state index is -3.71. The van der Waals surface area contributed by atoms with E-state index in [2.05, 4.69) is 26.2 Å². The fraction of sp³-hybridized carbons (Fsp3) is 0.600. The molecule has 0 aliphatic carbocycles. The number of hydrogen-bond acceptors (Lipinski definition) is 6. The van der Waals surface area contributed by atoms with Crippen LogP contribution in [0, 0.1) is 6.92 Å². The van der Waals surface area contributed by atoms with Crippen molar-refractivity contribution in [2.24, 2.45) is 4.99 Å². The number of sulfonamides is 1. The molecule has 1 aromatic rings. The van der Waals surface area contributed by atoms with Crippen LogP contribution >= 0.6 is 38.9 Å². The number of amides is 1. The number of thiophene rings is 1. The van der Waals surface area contributed by atoms with Crippen LogP contribution < -0.4 is 5.32 Å². The van der Waals surface area contributed by atoms with Gasteiger partial charge in [0, 0.05) is 7.05 Å². The number of rotatable bonds is 1. The van der Waals surface area contributed by atoms with E-state index in [1.165, 1.54) is 18.4 Å². The lowest BCUT2D eigenvalue weighted by molar-refractivity contribution is 0.0559. The molecule has 0 radical (unpaired) electrons. The Hall–Kier alpha value is -0.840. The molecule has 0 aromatic carbocycles. The van der Waals surface area contributed by atoms with Crippen LogP contribution in [-0.2, 0) is 20.3 Å². The molecule has 2 rings (SSSR count). The molecule has 0 fully saturated rings. The molecule has 0 bridgehead atoms. The van der Waals surface area contributed by atoms with Crippen molar-refractivity contribution in [2.75, 3.05) is 12.8 Å². The average Bonchev–Trinajstić information content (AvgIpc) is 2.70. The highest BCUT2D eigenvalue weighted by Gasteiger charge is 2.44. The normalized spacial score (nSPS) is 22.8. The molecule has 7 nitrogen and oxygen atoms in total. The smallest absolute Gasteiger partial charge is 0.414 e. The molecule has 26 heavy (non-hydrogen) atoms. The lowest BCUT2D eigenvalue weighted by Crippen LogP contribution is -2.53. The number of ether oxygens (including phenoxy) is 1. The summed E-state index contributed by atoms with van der Waals surface area (Å²) in [6, 6.07) is 0. The maximum atomic E-state index is 12.7. The number of carbonyl (C=O) groups is 1. The van der Waals surface area contributed by atoms with Crippen molar-refractivity contribution < 1.29 is 17.9 Å². The summed E-state index contributed by atoms with van der Waals surface area (Å²) in [7, 11) is -2.38. The Bertz CT molecular complexity index is 876. The molecule has 0 saturated carbocycles. The monoisotopic (exact) mass is 485 g/mol. The number of guanidine groups is 1. The highest BCUT2D eigenvalue weighted by atomic mass is 79.9. The second-order valence-electron chi connectivity index (χ2n) is 7.20. The van der Waals surface area contributed by atoms with Crippen molar-refractivity contribution in [2.45, 2.75) is 45.8 Å². The first-order chi connectivity index (χ1) is 11.7. The van der Waals surface area contributed by atoms with E-state index in [1.54, 1.807) is 27.7 Å². The van der Waals surface area contributed by atoms with Crippen LogP contribution in [0.25, 0.3) is 0 Å². The summed E-state index contributed by atoms with van der Waals surface area (Å²) < 4.78 is 32.3. The van der Waals surface area contributed by atoms with Gasteiger partial charge < -0.3 is 4.74 Å². The van der Waals surface area contributed by atoms with Gasteiger partial charge in [0.2, 0.25) is 16.0 Å². The summed E-state index contributed by atoms with van der Waals surface area (Å²) in [6.07, 6.45) is -0.780. The maximum absolute atomic E-state index is 12.7. The van der Waals surface area contributed by atoms with Gasteiger partial charge in [-0.2, -0.15) is 0 Å². The second kappa shape index (κ2) is 6.96. The Morgan fingerprint density at radius 2 is 2.04 bits per heavy atom. The van der Waals surface area contributed by atoms with E-state index in [0.29, 0.717) is 9.90 Å². The fourth-order valence-corrected chi connectivity index (χ4v) is 6.19. The molecule has 0 saturated heterocycles. The van der Waals surface area contributed by atoms with Crippen molar-refractivity contribution >= 4 is 60.9 Å². The second-order valence-corrected chi connectivity index (χ2v) is 11.9. The van der Waals surface area contributed by atoms with E-state index in [1.807, 2.05) is 6.92 Å². The standard InChI is InChI=1S/C15H21BrClN3O4S2/c1-8-9(17)10(25-11(8)16)15(5)7-26(22,23)20(6)12(19-15)18-13(21)24-14(2,3)4/h7H2,1-6H3,(H,18,19,21)/t15-/m0/s1. The molecule has 146 valence electrons. The minimum Gasteiger partial charge on any atom is -0.444 e. The van der Waals surface area contributed by atoms with Gasteiger partial charge in [-0.1, -0.05) is 11.6 Å². The lowest BCUT2D eigenvalue weighted by atomic mass is 10.0. The van der Waals surface area contributed by atoms with E-state index >= 15 is 0 Å². The maximum Gasteiger partial charge on any atom is 0.414 e. The van der Waals surface area contributed by atoms with Gasteiger partial charge in [0.15, 0.2) is 0 Å². The predicted molar refractivity (Wildman–Crippen MR) is 107 cm³/mol. The van der Waals surface area contributed by atoms with Crippen LogP contribution in [0.15, 0.2) is 8.78 Å². The first kappa shape index (κ1) is 21.5. The van der Waals surface area contributed by atoms with E-state index in [0.717, 1.165) is 13.7 Å². The zero-order chi connectivity index (χ0) is 20.1. The molecule has 11 heteroatoms. The molecule has 1 aliphatic heterocycles. The van der Waals surface area contributed by atoms with Gasteiger partial charge in [-0.3, -0.25) is 5.32 Å². The number of hydrogen-bond donors (Lipinski definition) is 1. The molecule has 1 amide bonds. The Balaban J connectivity index is 2.49. The largest absolute Gasteiger partial charge is 0.444 e. The molecular formula is C15H21BrClN3O4S2. The molecular weight excluding hydrogens is 466 g/mol. The van der Waals surface area contributed by atoms with Gasteiger partial charge in [-0.05, 0) is 56.1 Å². The fourth-order valence-electron chi connectivity index (χ4n) is 2.35. The summed E-state index contributed by atoms with van der Waals surface area (Å²) in [5.74, 6) is -0.367. The van der Waals surface area contributed by atoms with E-state index in [4.69, 9.17) is 16.3 Å². The van der Waals surface area contributed by atoms with E-state index in [-0.39, 0.29) is 11.7 Å². The number of alkyl carbamates (subject to hydrolysis) is 1. The average molecular weight is 487 g/mol. The third kappa shape index (κ3) is 4.35. The van der Waals surface area contributed by atoms with E-state index < -0.39 is 27.3 Å². The van der Waals surface area contributed by atoms with Gasteiger partial charge in [0.1, 0.15) is 11.1 Å². The van der Waals surface area contributed by atoms with E-state index in [9.17, 15) is 13.2 Å².